The standard InChI is InChI=1S/C9H14N2O3/c1-5-3-7(9(13)14-2)11-8(5)6(10)4-12/h3,6,11-12H,4,10H2,1-2H3. The summed E-state index contributed by atoms with van der Waals surface area (Å²) in [4.78, 5) is 14.0. The second kappa shape index (κ2) is 4.26. The lowest BCUT2D eigenvalue weighted by Crippen LogP contribution is -2.16. The number of aliphatic hydroxyl groups excluding tert-OH is 1. The molecule has 0 fully saturated rings. The van der Waals surface area contributed by atoms with Crippen LogP contribution < -0.4 is 5.73 Å². The molecule has 1 rings (SSSR count). The van der Waals surface area contributed by atoms with Crippen molar-refractivity contribution in [2.24, 2.45) is 5.73 Å². The van der Waals surface area contributed by atoms with Gasteiger partial charge in [-0.25, -0.2) is 4.79 Å². The first-order valence-corrected chi connectivity index (χ1v) is 4.24. The van der Waals surface area contributed by atoms with Gasteiger partial charge < -0.3 is 20.6 Å². The Morgan fingerprint density at radius 3 is 2.93 bits per heavy atom. The molecule has 0 spiro atoms. The van der Waals surface area contributed by atoms with E-state index in [1.807, 2.05) is 6.92 Å². The number of aliphatic hydroxyl groups is 1. The van der Waals surface area contributed by atoms with E-state index in [-0.39, 0.29) is 6.61 Å². The van der Waals surface area contributed by atoms with Crippen LogP contribution in [-0.4, -0.2) is 29.8 Å². The minimum Gasteiger partial charge on any atom is -0.464 e. The number of H-pyrrole nitrogens is 1. The summed E-state index contributed by atoms with van der Waals surface area (Å²) >= 11 is 0. The molecule has 0 saturated heterocycles. The Hall–Kier alpha value is -1.33. The number of carbonyl (C=O) groups is 1. The highest BCUT2D eigenvalue weighted by Gasteiger charge is 2.15. The third kappa shape index (κ3) is 1.94. The molecule has 0 amide bonds. The average molecular weight is 198 g/mol. The second-order valence-corrected chi connectivity index (χ2v) is 3.06. The van der Waals surface area contributed by atoms with Crippen molar-refractivity contribution < 1.29 is 14.6 Å². The fraction of sp³-hybridized carbons (Fsp3) is 0.444. The molecule has 4 N–H and O–H groups in total. The van der Waals surface area contributed by atoms with Gasteiger partial charge in [0.1, 0.15) is 5.69 Å². The summed E-state index contributed by atoms with van der Waals surface area (Å²) in [5, 5.41) is 8.86. The maximum absolute atomic E-state index is 11.1. The van der Waals surface area contributed by atoms with Crippen LogP contribution in [0.15, 0.2) is 6.07 Å². The first-order valence-electron chi connectivity index (χ1n) is 4.24. The maximum Gasteiger partial charge on any atom is 0.354 e. The summed E-state index contributed by atoms with van der Waals surface area (Å²) < 4.78 is 4.54. The van der Waals surface area contributed by atoms with Gasteiger partial charge in [-0.05, 0) is 18.6 Å². The van der Waals surface area contributed by atoms with Crippen molar-refractivity contribution in [2.45, 2.75) is 13.0 Å². The van der Waals surface area contributed by atoms with Gasteiger partial charge in [0, 0.05) is 5.69 Å². The molecule has 0 aliphatic heterocycles. The predicted octanol–water partition coefficient (Wildman–Crippen LogP) is 0.102. The van der Waals surface area contributed by atoms with Crippen LogP contribution in [0.5, 0.6) is 0 Å². The zero-order valence-electron chi connectivity index (χ0n) is 8.20. The van der Waals surface area contributed by atoms with Gasteiger partial charge in [0.2, 0.25) is 0 Å². The molecule has 1 unspecified atom stereocenters. The zero-order chi connectivity index (χ0) is 10.7. The van der Waals surface area contributed by atoms with E-state index in [4.69, 9.17) is 10.8 Å². The van der Waals surface area contributed by atoms with Gasteiger partial charge in [0.25, 0.3) is 0 Å². The molecule has 0 bridgehead atoms. The lowest BCUT2D eigenvalue weighted by Gasteiger charge is -2.06. The van der Waals surface area contributed by atoms with Crippen molar-refractivity contribution in [1.82, 2.24) is 4.98 Å². The SMILES string of the molecule is COC(=O)c1cc(C)c(C(N)CO)[nH]1. The highest BCUT2D eigenvalue weighted by atomic mass is 16.5. The first kappa shape index (κ1) is 10.7. The van der Waals surface area contributed by atoms with Gasteiger partial charge in [-0.15, -0.1) is 0 Å². The molecule has 0 aliphatic carbocycles. The molecule has 78 valence electrons. The summed E-state index contributed by atoms with van der Waals surface area (Å²) in [7, 11) is 1.31. The van der Waals surface area contributed by atoms with Crippen molar-refractivity contribution in [3.05, 3.63) is 23.0 Å². The quantitative estimate of drug-likeness (QED) is 0.601. The van der Waals surface area contributed by atoms with Gasteiger partial charge in [-0.1, -0.05) is 0 Å². The van der Waals surface area contributed by atoms with Crippen LogP contribution in [0.4, 0.5) is 0 Å². The van der Waals surface area contributed by atoms with Gasteiger partial charge in [-0.2, -0.15) is 0 Å². The van der Waals surface area contributed by atoms with Crippen LogP contribution >= 0.6 is 0 Å². The molecule has 0 aliphatic rings. The summed E-state index contributed by atoms with van der Waals surface area (Å²) in [5.74, 6) is -0.440. The van der Waals surface area contributed by atoms with Crippen LogP contribution in [0.25, 0.3) is 0 Å². The number of ether oxygens (including phenoxy) is 1. The number of aromatic amines is 1. The van der Waals surface area contributed by atoms with E-state index in [0.717, 1.165) is 5.56 Å². The first-order chi connectivity index (χ1) is 6.60. The van der Waals surface area contributed by atoms with E-state index in [1.165, 1.54) is 7.11 Å². The minimum atomic E-state index is -0.492. The van der Waals surface area contributed by atoms with Crippen LogP contribution in [0.2, 0.25) is 0 Å². The van der Waals surface area contributed by atoms with E-state index < -0.39 is 12.0 Å². The molecule has 1 aromatic rings. The molecule has 1 aromatic heterocycles. The van der Waals surface area contributed by atoms with Gasteiger partial charge in [-0.3, -0.25) is 0 Å². The highest BCUT2D eigenvalue weighted by Crippen LogP contribution is 2.16. The van der Waals surface area contributed by atoms with Crippen molar-refractivity contribution in [3.63, 3.8) is 0 Å². The van der Waals surface area contributed by atoms with E-state index in [0.29, 0.717) is 11.4 Å². The fourth-order valence-electron chi connectivity index (χ4n) is 1.27. The maximum atomic E-state index is 11.1. The van der Waals surface area contributed by atoms with E-state index in [9.17, 15) is 4.79 Å². The number of rotatable bonds is 3. The van der Waals surface area contributed by atoms with Crippen LogP contribution in [-0.2, 0) is 4.74 Å². The van der Waals surface area contributed by atoms with Gasteiger partial charge >= 0.3 is 5.97 Å². The largest absolute Gasteiger partial charge is 0.464 e. The smallest absolute Gasteiger partial charge is 0.354 e. The molecule has 1 heterocycles. The van der Waals surface area contributed by atoms with Crippen LogP contribution in [0.3, 0.4) is 0 Å². The Kier molecular flexibility index (Phi) is 3.27. The molecule has 0 radical (unpaired) electrons. The Morgan fingerprint density at radius 2 is 2.43 bits per heavy atom. The molecule has 0 aromatic carbocycles. The number of nitrogens with two attached hydrogens (primary N) is 1. The molecular formula is C9H14N2O3. The second-order valence-electron chi connectivity index (χ2n) is 3.06. The monoisotopic (exact) mass is 198 g/mol. The van der Waals surface area contributed by atoms with E-state index in [2.05, 4.69) is 9.72 Å². The molecular weight excluding hydrogens is 184 g/mol. The normalized spacial score (nSPS) is 12.6. The Morgan fingerprint density at radius 1 is 1.79 bits per heavy atom. The summed E-state index contributed by atoms with van der Waals surface area (Å²) in [6, 6.07) is 1.16. The Labute approximate surface area is 81.9 Å². The topological polar surface area (TPSA) is 88.3 Å². The molecule has 5 nitrogen and oxygen atoms in total. The highest BCUT2D eigenvalue weighted by molar-refractivity contribution is 5.87. The number of aromatic nitrogens is 1. The van der Waals surface area contributed by atoms with Crippen molar-refractivity contribution in [1.29, 1.82) is 0 Å². The summed E-state index contributed by atoms with van der Waals surface area (Å²) in [5.41, 5.74) is 7.47. The number of aryl methyl sites for hydroxylation is 1. The van der Waals surface area contributed by atoms with Crippen molar-refractivity contribution in [3.8, 4) is 0 Å². The fourth-order valence-corrected chi connectivity index (χ4v) is 1.27. The number of esters is 1. The molecule has 5 heteroatoms. The van der Waals surface area contributed by atoms with Gasteiger partial charge in [0.05, 0.1) is 19.8 Å². The number of hydrogen-bond donors (Lipinski definition) is 3. The minimum absolute atomic E-state index is 0.165. The van der Waals surface area contributed by atoms with E-state index >= 15 is 0 Å². The van der Waals surface area contributed by atoms with Crippen LogP contribution in [0.1, 0.15) is 27.8 Å². The van der Waals surface area contributed by atoms with Gasteiger partial charge in [0.15, 0.2) is 0 Å². The van der Waals surface area contributed by atoms with E-state index in [1.54, 1.807) is 6.07 Å². The zero-order valence-corrected chi connectivity index (χ0v) is 8.20. The summed E-state index contributed by atoms with van der Waals surface area (Å²) in [6.07, 6.45) is 0. The molecule has 14 heavy (non-hydrogen) atoms. The number of methoxy groups -OCH3 is 1. The predicted molar refractivity (Wildman–Crippen MR) is 50.9 cm³/mol. The van der Waals surface area contributed by atoms with Crippen molar-refractivity contribution in [2.75, 3.05) is 13.7 Å². The molecule has 1 atom stereocenters. The third-order valence-electron chi connectivity index (χ3n) is 2.03. The lowest BCUT2D eigenvalue weighted by molar-refractivity contribution is 0.0594. The number of nitrogens with one attached hydrogen (secondary N) is 1. The Bertz CT molecular complexity index is 333. The molecule has 0 saturated carbocycles. The van der Waals surface area contributed by atoms with Crippen LogP contribution in [0, 0.1) is 6.92 Å². The number of hydrogen-bond acceptors (Lipinski definition) is 4. The number of carbonyl (C=O) groups excluding carboxylic acids is 1. The third-order valence-corrected chi connectivity index (χ3v) is 2.03. The lowest BCUT2D eigenvalue weighted by atomic mass is 10.1. The van der Waals surface area contributed by atoms with Crippen molar-refractivity contribution >= 4 is 5.97 Å². The Balaban J connectivity index is 2.98. The average Bonchev–Trinajstić information content (AvgIpc) is 2.58. The summed E-state index contributed by atoms with van der Waals surface area (Å²) in [6.45, 7) is 1.65.